The van der Waals surface area contributed by atoms with Crippen LogP contribution in [-0.4, -0.2) is 30.2 Å². The van der Waals surface area contributed by atoms with Gasteiger partial charge < -0.3 is 10.1 Å². The van der Waals surface area contributed by atoms with Crippen LogP contribution in [0.15, 0.2) is 78.9 Å². The van der Waals surface area contributed by atoms with E-state index in [9.17, 15) is 18.8 Å². The molecule has 0 aromatic heterocycles. The number of benzene rings is 3. The average Bonchev–Trinajstić information content (AvgIpc) is 2.79. The molecule has 3 aromatic carbocycles. The Morgan fingerprint density at radius 2 is 1.45 bits per heavy atom. The fraction of sp³-hybridized carbons (Fsp3) is 0.125. The predicted octanol–water partition coefficient (Wildman–Crippen LogP) is 4.96. The molecular formula is C24H19ClFNO4. The van der Waals surface area contributed by atoms with E-state index < -0.39 is 30.2 Å². The smallest absolute Gasteiger partial charge is 0.329 e. The van der Waals surface area contributed by atoms with Crippen molar-refractivity contribution in [3.8, 4) is 0 Å². The Kier molecular flexibility index (Phi) is 7.51. The van der Waals surface area contributed by atoms with Crippen LogP contribution in [0.3, 0.4) is 0 Å². The minimum Gasteiger partial charge on any atom is -0.456 e. The largest absolute Gasteiger partial charge is 0.456 e. The molecule has 0 heterocycles. The molecule has 1 N–H and O–H groups in total. The van der Waals surface area contributed by atoms with E-state index in [0.29, 0.717) is 21.8 Å². The zero-order valence-electron chi connectivity index (χ0n) is 16.4. The third kappa shape index (κ3) is 6.49. The lowest BCUT2D eigenvalue weighted by atomic mass is 10.0. The highest BCUT2D eigenvalue weighted by atomic mass is 35.5. The third-order valence-electron chi connectivity index (χ3n) is 4.47. The molecule has 158 valence electrons. The predicted molar refractivity (Wildman–Crippen MR) is 116 cm³/mol. The first-order valence-electron chi connectivity index (χ1n) is 9.48. The summed E-state index contributed by atoms with van der Waals surface area (Å²) in [6.45, 7) is -0.485. The summed E-state index contributed by atoms with van der Waals surface area (Å²) in [4.78, 5) is 37.6. The van der Waals surface area contributed by atoms with Crippen LogP contribution in [-0.2, 0) is 9.53 Å². The fourth-order valence-electron chi connectivity index (χ4n) is 2.82. The zero-order valence-corrected chi connectivity index (χ0v) is 17.1. The summed E-state index contributed by atoms with van der Waals surface area (Å²) in [5.74, 6) is -1.88. The number of carbonyl (C=O) groups excluding carboxylic acids is 3. The monoisotopic (exact) mass is 439 g/mol. The van der Waals surface area contributed by atoms with Crippen molar-refractivity contribution in [2.24, 2.45) is 0 Å². The average molecular weight is 440 g/mol. The highest BCUT2D eigenvalue weighted by molar-refractivity contribution is 6.30. The van der Waals surface area contributed by atoms with Gasteiger partial charge in [-0.2, -0.15) is 0 Å². The number of hydrogen-bond donors (Lipinski definition) is 1. The molecule has 0 unspecified atom stereocenters. The summed E-state index contributed by atoms with van der Waals surface area (Å²) in [6.07, 6.45) is -0.199. The molecule has 0 amide bonds. The van der Waals surface area contributed by atoms with Crippen LogP contribution in [0.2, 0.25) is 5.02 Å². The topological polar surface area (TPSA) is 72.5 Å². The van der Waals surface area contributed by atoms with E-state index >= 15 is 0 Å². The van der Waals surface area contributed by atoms with E-state index in [1.165, 1.54) is 36.4 Å². The third-order valence-corrected chi connectivity index (χ3v) is 4.72. The molecule has 0 aliphatic carbocycles. The Balaban J connectivity index is 1.70. The molecule has 0 saturated carbocycles. The van der Waals surface area contributed by atoms with Gasteiger partial charge in [-0.1, -0.05) is 41.9 Å². The Labute approximate surface area is 183 Å². The fourth-order valence-corrected chi connectivity index (χ4v) is 2.95. The molecule has 0 radical (unpaired) electrons. The van der Waals surface area contributed by atoms with Gasteiger partial charge in [-0.3, -0.25) is 9.59 Å². The second-order valence-electron chi connectivity index (χ2n) is 6.73. The molecule has 0 aliphatic rings. The van der Waals surface area contributed by atoms with Gasteiger partial charge in [-0.15, -0.1) is 0 Å². The summed E-state index contributed by atoms with van der Waals surface area (Å²) in [5, 5.41) is 3.37. The number of rotatable bonds is 9. The molecule has 0 fully saturated rings. The number of esters is 1. The van der Waals surface area contributed by atoms with Gasteiger partial charge in [-0.25, -0.2) is 9.18 Å². The van der Waals surface area contributed by atoms with E-state index in [1.54, 1.807) is 42.5 Å². The van der Waals surface area contributed by atoms with Gasteiger partial charge in [0.25, 0.3) is 0 Å². The normalized spacial score (nSPS) is 11.4. The Morgan fingerprint density at radius 1 is 0.839 bits per heavy atom. The second kappa shape index (κ2) is 10.5. The van der Waals surface area contributed by atoms with Crippen molar-refractivity contribution in [2.75, 3.05) is 11.9 Å². The standard InChI is InChI=1S/C24H19ClFNO4/c25-18-8-6-17(7-9-18)23(29)15-31-24(30)21(27-20-12-10-19(26)11-13-20)14-22(28)16-4-2-1-3-5-16/h1-13,21,27H,14-15H2/t21-/m0/s1. The molecule has 7 heteroatoms. The first-order valence-corrected chi connectivity index (χ1v) is 9.86. The van der Waals surface area contributed by atoms with Gasteiger partial charge >= 0.3 is 5.97 Å². The SMILES string of the molecule is O=C(COC(=O)[C@H](CC(=O)c1ccccc1)Nc1ccc(F)cc1)c1ccc(Cl)cc1. The van der Waals surface area contributed by atoms with Gasteiger partial charge in [0, 0.05) is 28.3 Å². The summed E-state index contributed by atoms with van der Waals surface area (Å²) >= 11 is 5.81. The van der Waals surface area contributed by atoms with E-state index in [4.69, 9.17) is 16.3 Å². The van der Waals surface area contributed by atoms with E-state index in [1.807, 2.05) is 0 Å². The van der Waals surface area contributed by atoms with Crippen LogP contribution in [0.4, 0.5) is 10.1 Å². The maximum Gasteiger partial charge on any atom is 0.329 e. The maximum absolute atomic E-state index is 13.2. The first kappa shape index (κ1) is 22.2. The minimum atomic E-state index is -1.06. The lowest BCUT2D eigenvalue weighted by Crippen LogP contribution is -2.34. The highest BCUT2D eigenvalue weighted by Gasteiger charge is 2.25. The number of Topliss-reactive ketones (excluding diaryl/α,β-unsaturated/α-hetero) is 2. The summed E-state index contributed by atoms with van der Waals surface area (Å²) in [5.41, 5.74) is 1.23. The number of anilines is 1. The Hall–Kier alpha value is -3.51. The van der Waals surface area contributed by atoms with Crippen molar-refractivity contribution in [3.05, 3.63) is 101 Å². The summed E-state index contributed by atoms with van der Waals surface area (Å²) in [6, 6.07) is 19.0. The minimum absolute atomic E-state index is 0.199. The first-order chi connectivity index (χ1) is 14.9. The van der Waals surface area contributed by atoms with Crippen LogP contribution in [0.1, 0.15) is 27.1 Å². The van der Waals surface area contributed by atoms with Gasteiger partial charge in [0.15, 0.2) is 18.2 Å². The van der Waals surface area contributed by atoms with Gasteiger partial charge in [0.2, 0.25) is 0 Å². The Morgan fingerprint density at radius 3 is 2.10 bits per heavy atom. The zero-order chi connectivity index (χ0) is 22.2. The molecule has 0 saturated heterocycles. The molecule has 1 atom stereocenters. The maximum atomic E-state index is 13.2. The van der Waals surface area contributed by atoms with E-state index in [0.717, 1.165) is 0 Å². The van der Waals surface area contributed by atoms with E-state index in [-0.39, 0.29) is 12.2 Å². The van der Waals surface area contributed by atoms with Crippen molar-refractivity contribution in [1.82, 2.24) is 0 Å². The van der Waals surface area contributed by atoms with Crippen molar-refractivity contribution in [2.45, 2.75) is 12.5 Å². The lowest BCUT2D eigenvalue weighted by Gasteiger charge is -2.18. The number of halogens is 2. The van der Waals surface area contributed by atoms with E-state index in [2.05, 4.69) is 5.32 Å². The molecule has 5 nitrogen and oxygen atoms in total. The molecule has 31 heavy (non-hydrogen) atoms. The number of carbonyl (C=O) groups is 3. The number of ketones is 2. The second-order valence-corrected chi connectivity index (χ2v) is 7.17. The van der Waals surface area contributed by atoms with Crippen molar-refractivity contribution < 1.29 is 23.5 Å². The molecule has 0 aliphatic heterocycles. The van der Waals surface area contributed by atoms with Crippen molar-refractivity contribution >= 4 is 34.8 Å². The van der Waals surface area contributed by atoms with Crippen molar-refractivity contribution in [1.29, 1.82) is 0 Å². The van der Waals surface area contributed by atoms with Crippen LogP contribution in [0, 0.1) is 5.82 Å². The number of nitrogens with one attached hydrogen (secondary N) is 1. The molecular weight excluding hydrogens is 421 g/mol. The molecule has 0 spiro atoms. The number of ether oxygens (including phenoxy) is 1. The van der Waals surface area contributed by atoms with Crippen LogP contribution in [0.25, 0.3) is 0 Å². The Bertz CT molecular complexity index is 1050. The summed E-state index contributed by atoms with van der Waals surface area (Å²) < 4.78 is 18.4. The molecule has 0 bridgehead atoms. The van der Waals surface area contributed by atoms with Crippen LogP contribution in [0.5, 0.6) is 0 Å². The van der Waals surface area contributed by atoms with Crippen LogP contribution >= 0.6 is 11.6 Å². The molecule has 3 rings (SSSR count). The quantitative estimate of drug-likeness (QED) is 0.377. The highest BCUT2D eigenvalue weighted by Crippen LogP contribution is 2.15. The van der Waals surface area contributed by atoms with Gasteiger partial charge in [0.05, 0.1) is 0 Å². The molecule has 3 aromatic rings. The van der Waals surface area contributed by atoms with Crippen LogP contribution < -0.4 is 5.32 Å². The number of hydrogen-bond acceptors (Lipinski definition) is 5. The summed E-state index contributed by atoms with van der Waals surface area (Å²) in [7, 11) is 0. The lowest BCUT2D eigenvalue weighted by molar-refractivity contribution is -0.143. The van der Waals surface area contributed by atoms with Crippen molar-refractivity contribution in [3.63, 3.8) is 0 Å². The van der Waals surface area contributed by atoms with Gasteiger partial charge in [-0.05, 0) is 48.5 Å². The van der Waals surface area contributed by atoms with Gasteiger partial charge in [0.1, 0.15) is 11.9 Å².